The van der Waals surface area contributed by atoms with Crippen molar-refractivity contribution in [1.29, 1.82) is 0 Å². The summed E-state index contributed by atoms with van der Waals surface area (Å²) in [6.07, 6.45) is 2.15. The minimum Gasteiger partial charge on any atom is -0.380 e. The molecule has 1 aliphatic heterocycles. The number of fused-ring (bicyclic) bond motifs is 1. The number of rotatable bonds is 6. The van der Waals surface area contributed by atoms with E-state index in [1.807, 2.05) is 0 Å². The second-order valence-electron chi connectivity index (χ2n) is 8.80. The Morgan fingerprint density at radius 1 is 1.26 bits per heavy atom. The number of carbonyl (C=O) groups excluding carboxylic acids is 1. The van der Waals surface area contributed by atoms with E-state index in [-0.39, 0.29) is 37.1 Å². The summed E-state index contributed by atoms with van der Waals surface area (Å²) in [5, 5.41) is 23.7. The third kappa shape index (κ3) is 4.66. The molecular weight excluding hydrogens is 477 g/mol. The zero-order valence-electron chi connectivity index (χ0n) is 19.1. The number of nitrogens with zero attached hydrogens (tertiary/aromatic N) is 2. The highest BCUT2D eigenvalue weighted by Crippen LogP contribution is 2.29. The second kappa shape index (κ2) is 9.05. The van der Waals surface area contributed by atoms with Gasteiger partial charge in [0.25, 0.3) is 5.91 Å². The topological polar surface area (TPSA) is 131 Å². The number of halogens is 1. The van der Waals surface area contributed by atoms with Gasteiger partial charge in [0.2, 0.25) is 0 Å². The van der Waals surface area contributed by atoms with E-state index in [4.69, 9.17) is 9.94 Å². The molecule has 0 radical (unpaired) electrons. The van der Waals surface area contributed by atoms with Gasteiger partial charge in [-0.15, -0.1) is 0 Å². The fraction of sp³-hybridized carbons (Fsp3) is 0.333. The van der Waals surface area contributed by atoms with Crippen LogP contribution in [0.3, 0.4) is 0 Å². The first-order chi connectivity index (χ1) is 16.5. The van der Waals surface area contributed by atoms with Crippen molar-refractivity contribution in [1.82, 2.24) is 15.3 Å². The maximum atomic E-state index is 15.1. The third-order valence-electron chi connectivity index (χ3n) is 6.33. The number of hydroxylamine groups is 1. The van der Waals surface area contributed by atoms with Crippen LogP contribution in [0.2, 0.25) is 0 Å². The molecule has 4 rings (SSSR count). The molecule has 1 saturated heterocycles. The number of ether oxygens (including phenoxy) is 1. The lowest BCUT2D eigenvalue weighted by Gasteiger charge is -2.36. The summed E-state index contributed by atoms with van der Waals surface area (Å²) in [5.74, 6) is 4.09. The van der Waals surface area contributed by atoms with E-state index in [0.29, 0.717) is 11.1 Å². The number of aliphatic hydroxyl groups is 1. The number of hydrogen-bond acceptors (Lipinski definition) is 7. The molecule has 1 aliphatic rings. The minimum atomic E-state index is -3.86. The number of nitrogens with one attached hydrogen (secondary N) is 1. The lowest BCUT2D eigenvalue weighted by atomic mass is 9.91. The molecule has 0 spiro atoms. The minimum absolute atomic E-state index is 0.00411. The van der Waals surface area contributed by atoms with Crippen LogP contribution in [-0.4, -0.2) is 58.6 Å². The van der Waals surface area contributed by atoms with Gasteiger partial charge in [-0.1, -0.05) is 24.0 Å². The first-order valence-corrected chi connectivity index (χ1v) is 12.6. The average molecular weight is 502 g/mol. The summed E-state index contributed by atoms with van der Waals surface area (Å²) in [6, 6.07) is 10.1. The van der Waals surface area contributed by atoms with Crippen molar-refractivity contribution in [3.8, 4) is 11.8 Å². The molecule has 0 bridgehead atoms. The maximum Gasteiger partial charge on any atom is 0.264 e. The van der Waals surface area contributed by atoms with E-state index in [1.54, 1.807) is 30.3 Å². The predicted octanol–water partition coefficient (Wildman–Crippen LogP) is 1.49. The molecule has 1 unspecified atom stereocenters. The number of aromatic nitrogens is 2. The molecule has 0 aliphatic carbocycles. The van der Waals surface area contributed by atoms with Crippen LogP contribution in [0.15, 0.2) is 42.6 Å². The molecule has 9 nitrogen and oxygen atoms in total. The highest BCUT2D eigenvalue weighted by atomic mass is 32.2. The van der Waals surface area contributed by atoms with Gasteiger partial charge in [-0.2, -0.15) is 5.10 Å². The molecular formula is C24H24FN3O6S. The first kappa shape index (κ1) is 24.8. The normalized spacial score (nSPS) is 16.6. The Labute approximate surface area is 201 Å². The van der Waals surface area contributed by atoms with E-state index < -0.39 is 31.9 Å². The lowest BCUT2D eigenvalue weighted by molar-refractivity contribution is -0.184. The van der Waals surface area contributed by atoms with E-state index in [1.165, 1.54) is 29.3 Å². The van der Waals surface area contributed by atoms with Crippen molar-refractivity contribution in [2.45, 2.75) is 30.2 Å². The lowest BCUT2D eigenvalue weighted by Crippen LogP contribution is -2.49. The molecule has 2 heterocycles. The number of sulfone groups is 1. The van der Waals surface area contributed by atoms with Gasteiger partial charge in [0.15, 0.2) is 14.6 Å². The van der Waals surface area contributed by atoms with E-state index in [2.05, 4.69) is 16.9 Å². The predicted molar refractivity (Wildman–Crippen MR) is 125 cm³/mol. The molecule has 35 heavy (non-hydrogen) atoms. The van der Waals surface area contributed by atoms with Gasteiger partial charge in [-0.05, 0) is 43.2 Å². The largest absolute Gasteiger partial charge is 0.380 e. The summed E-state index contributed by atoms with van der Waals surface area (Å²) >= 11 is 0. The Morgan fingerprint density at radius 3 is 2.51 bits per heavy atom. The van der Waals surface area contributed by atoms with Crippen LogP contribution >= 0.6 is 0 Å². The summed E-state index contributed by atoms with van der Waals surface area (Å²) in [4.78, 5) is 12.0. The Kier molecular flexibility index (Phi) is 6.42. The molecule has 2 aromatic carbocycles. The van der Waals surface area contributed by atoms with Crippen LogP contribution in [0.1, 0.15) is 30.0 Å². The maximum absolute atomic E-state index is 15.1. The molecule has 184 valence electrons. The van der Waals surface area contributed by atoms with Crippen molar-refractivity contribution >= 4 is 26.6 Å². The first-order valence-electron chi connectivity index (χ1n) is 10.7. The summed E-state index contributed by atoms with van der Waals surface area (Å²) < 4.78 is 43.9. The standard InChI is InChI=1S/C24H24FN3O6S/c1-23(22(29)27-31,35(2,32)33)11-12-28-13-19-20(26-28)10-7-17(21(19)25)6-3-16-4-8-18(9-5-16)24(30)14-34-15-24/h4-5,7-10,13,30-31H,11-12,14-15H2,1-2H3,(H,27,29). The van der Waals surface area contributed by atoms with Crippen molar-refractivity contribution in [3.63, 3.8) is 0 Å². The van der Waals surface area contributed by atoms with Crippen molar-refractivity contribution in [2.75, 3.05) is 19.5 Å². The van der Waals surface area contributed by atoms with Crippen LogP contribution in [0.25, 0.3) is 10.9 Å². The van der Waals surface area contributed by atoms with Gasteiger partial charge in [0.05, 0.1) is 29.7 Å². The van der Waals surface area contributed by atoms with Crippen LogP contribution in [0, 0.1) is 17.7 Å². The third-order valence-corrected chi connectivity index (χ3v) is 8.36. The molecule has 11 heteroatoms. The Balaban J connectivity index is 1.54. The van der Waals surface area contributed by atoms with Gasteiger partial charge in [-0.25, -0.2) is 18.3 Å². The highest BCUT2D eigenvalue weighted by molar-refractivity contribution is 7.92. The average Bonchev–Trinajstić information content (AvgIpc) is 3.23. The summed E-state index contributed by atoms with van der Waals surface area (Å²) in [6.45, 7) is 1.70. The highest BCUT2D eigenvalue weighted by Gasteiger charge is 2.43. The van der Waals surface area contributed by atoms with E-state index in [9.17, 15) is 18.3 Å². The number of hydrogen-bond donors (Lipinski definition) is 3. The van der Waals surface area contributed by atoms with Gasteiger partial charge in [0.1, 0.15) is 11.4 Å². The molecule has 1 amide bonds. The summed E-state index contributed by atoms with van der Waals surface area (Å²) in [7, 11) is -3.86. The van der Waals surface area contributed by atoms with Crippen LogP contribution < -0.4 is 5.48 Å². The number of carbonyl (C=O) groups is 1. The Bertz CT molecular complexity index is 1450. The monoisotopic (exact) mass is 501 g/mol. The second-order valence-corrected chi connectivity index (χ2v) is 11.2. The van der Waals surface area contributed by atoms with Crippen molar-refractivity contribution in [2.24, 2.45) is 0 Å². The molecule has 1 atom stereocenters. The van der Waals surface area contributed by atoms with Gasteiger partial charge < -0.3 is 9.84 Å². The van der Waals surface area contributed by atoms with E-state index >= 15 is 4.39 Å². The van der Waals surface area contributed by atoms with Crippen molar-refractivity contribution in [3.05, 3.63) is 65.1 Å². The molecule has 0 saturated carbocycles. The fourth-order valence-corrected chi connectivity index (χ4v) is 4.54. The molecule has 3 aromatic rings. The van der Waals surface area contributed by atoms with Crippen molar-refractivity contribution < 1.29 is 32.7 Å². The quantitative estimate of drug-likeness (QED) is 0.265. The molecule has 1 aromatic heterocycles. The smallest absolute Gasteiger partial charge is 0.264 e. The van der Waals surface area contributed by atoms with Gasteiger partial charge in [0, 0.05) is 24.6 Å². The summed E-state index contributed by atoms with van der Waals surface area (Å²) in [5.41, 5.74) is 2.32. The van der Waals surface area contributed by atoms with Crippen LogP contribution in [0.4, 0.5) is 4.39 Å². The number of aryl methyl sites for hydroxylation is 1. The fourth-order valence-electron chi connectivity index (χ4n) is 3.70. The van der Waals surface area contributed by atoms with Gasteiger partial charge in [-0.3, -0.25) is 14.7 Å². The van der Waals surface area contributed by atoms with Crippen LogP contribution in [-0.2, 0) is 31.5 Å². The number of amides is 1. The zero-order valence-corrected chi connectivity index (χ0v) is 19.9. The SMILES string of the molecule is CC(CCn1cc2c(F)c(C#Cc3ccc(C4(O)COC4)cc3)ccc2n1)(C(=O)NO)S(C)(=O)=O. The van der Waals surface area contributed by atoms with Gasteiger partial charge >= 0.3 is 0 Å². The molecule has 3 N–H and O–H groups in total. The zero-order chi connectivity index (χ0) is 25.4. The van der Waals surface area contributed by atoms with E-state index in [0.717, 1.165) is 11.8 Å². The van der Waals surface area contributed by atoms with Crippen LogP contribution in [0.5, 0.6) is 0 Å². The number of benzene rings is 2. The Morgan fingerprint density at radius 2 is 1.94 bits per heavy atom. The molecule has 1 fully saturated rings. The Hall–Kier alpha value is -3.30.